The molecule has 0 saturated heterocycles. The van der Waals surface area contributed by atoms with Crippen molar-refractivity contribution >= 4 is 11.0 Å². The molecule has 4 nitrogen and oxygen atoms in total. The van der Waals surface area contributed by atoms with Gasteiger partial charge in [-0.1, -0.05) is 194 Å². The molecular formula is C54H38N4. The number of rotatable bonds is 8. The molecule has 0 aliphatic rings. The monoisotopic (exact) mass is 742 g/mol. The van der Waals surface area contributed by atoms with Crippen LogP contribution in [0.3, 0.4) is 0 Å². The van der Waals surface area contributed by atoms with Gasteiger partial charge in [0.15, 0.2) is 5.82 Å². The van der Waals surface area contributed by atoms with Crippen molar-refractivity contribution in [1.82, 2.24) is 19.5 Å². The molecule has 0 radical (unpaired) electrons. The van der Waals surface area contributed by atoms with E-state index in [1.807, 2.05) is 42.5 Å². The van der Waals surface area contributed by atoms with E-state index < -0.39 is 0 Å². The summed E-state index contributed by atoms with van der Waals surface area (Å²) in [6, 6.07) is 74.7. The Hall–Kier alpha value is -7.69. The predicted molar refractivity (Wildman–Crippen MR) is 240 cm³/mol. The zero-order chi connectivity index (χ0) is 38.8. The first-order chi connectivity index (χ1) is 28.7. The van der Waals surface area contributed by atoms with Crippen LogP contribution in [-0.4, -0.2) is 19.5 Å². The van der Waals surface area contributed by atoms with Crippen molar-refractivity contribution < 1.29 is 0 Å². The maximum absolute atomic E-state index is 5.08. The molecule has 2 heterocycles. The minimum Gasteiger partial charge on any atom is -0.327 e. The first kappa shape index (κ1) is 34.8. The van der Waals surface area contributed by atoms with Crippen LogP contribution in [0.5, 0.6) is 0 Å². The molecule has 10 rings (SSSR count). The molecule has 0 aliphatic carbocycles. The lowest BCUT2D eigenvalue weighted by Crippen LogP contribution is -1.96. The van der Waals surface area contributed by atoms with Crippen molar-refractivity contribution in [1.29, 1.82) is 0 Å². The Balaban J connectivity index is 1.07. The number of hydrogen-bond donors (Lipinski definition) is 0. The van der Waals surface area contributed by atoms with Gasteiger partial charge in [-0.05, 0) is 62.7 Å². The SMILES string of the molecule is Cn1c(-c2ccc(-c3c(-c4ccc(-c5ccccc5)cc4)cccc3-c3ccc(-c4cc(-c5ccccc5)nc(-c5ccccc5)n4)cc3)cc2)nc2ccccc21. The van der Waals surface area contributed by atoms with Crippen molar-refractivity contribution in [3.8, 4) is 89.8 Å². The Morgan fingerprint density at radius 3 is 1.34 bits per heavy atom. The molecule has 58 heavy (non-hydrogen) atoms. The first-order valence-electron chi connectivity index (χ1n) is 19.6. The first-order valence-corrected chi connectivity index (χ1v) is 19.6. The van der Waals surface area contributed by atoms with Crippen LogP contribution in [0.1, 0.15) is 0 Å². The molecule has 0 amide bonds. The third-order valence-corrected chi connectivity index (χ3v) is 10.9. The summed E-state index contributed by atoms with van der Waals surface area (Å²) >= 11 is 0. The summed E-state index contributed by atoms with van der Waals surface area (Å²) in [5, 5.41) is 0. The fourth-order valence-corrected chi connectivity index (χ4v) is 7.90. The molecule has 0 spiro atoms. The highest BCUT2D eigenvalue weighted by Gasteiger charge is 2.17. The van der Waals surface area contributed by atoms with E-state index >= 15 is 0 Å². The number of fused-ring (bicyclic) bond motifs is 1. The normalized spacial score (nSPS) is 11.2. The number of aryl methyl sites for hydroxylation is 1. The molecule has 0 atom stereocenters. The van der Waals surface area contributed by atoms with Crippen LogP contribution in [0.2, 0.25) is 0 Å². The molecule has 4 heteroatoms. The largest absolute Gasteiger partial charge is 0.327 e. The molecule has 0 fully saturated rings. The zero-order valence-corrected chi connectivity index (χ0v) is 32.0. The number of para-hydroxylation sites is 2. The third kappa shape index (κ3) is 6.67. The number of aromatic nitrogens is 4. The standard InChI is InChI=1S/C54H38N4/c1-58-51-23-12-11-22-48(51)57-54(58)45-34-32-43(33-35-45)52-46(39-26-24-38(25-27-39)37-14-5-2-6-15-37)20-13-21-47(52)40-28-30-42(31-29-40)50-36-49(41-16-7-3-8-17-41)55-53(56-50)44-18-9-4-10-19-44/h2-36H,1H3. The summed E-state index contributed by atoms with van der Waals surface area (Å²) in [6.45, 7) is 0. The third-order valence-electron chi connectivity index (χ3n) is 10.9. The summed E-state index contributed by atoms with van der Waals surface area (Å²) in [6.07, 6.45) is 0. The average Bonchev–Trinajstić information content (AvgIpc) is 3.65. The molecule has 0 saturated carbocycles. The van der Waals surface area contributed by atoms with Gasteiger partial charge in [0.05, 0.1) is 22.4 Å². The van der Waals surface area contributed by atoms with Crippen LogP contribution < -0.4 is 0 Å². The van der Waals surface area contributed by atoms with Crippen molar-refractivity contribution in [3.63, 3.8) is 0 Å². The maximum atomic E-state index is 5.08. The van der Waals surface area contributed by atoms with E-state index in [1.54, 1.807) is 0 Å². The molecule has 0 aliphatic heterocycles. The Bertz CT molecular complexity index is 2950. The number of imidazole rings is 1. The van der Waals surface area contributed by atoms with Crippen molar-refractivity contribution in [2.45, 2.75) is 0 Å². The summed E-state index contributed by atoms with van der Waals surface area (Å²) < 4.78 is 2.17. The van der Waals surface area contributed by atoms with Crippen LogP contribution >= 0.6 is 0 Å². The van der Waals surface area contributed by atoms with Crippen LogP contribution in [0, 0.1) is 0 Å². The molecule has 0 unspecified atom stereocenters. The fraction of sp³-hybridized carbons (Fsp3) is 0.0185. The summed E-state index contributed by atoms with van der Waals surface area (Å²) in [7, 11) is 2.08. The molecule has 274 valence electrons. The summed E-state index contributed by atoms with van der Waals surface area (Å²) in [4.78, 5) is 15.1. The Labute approximate surface area is 338 Å². The minimum absolute atomic E-state index is 0.705. The Kier molecular flexibility index (Phi) is 9.05. The van der Waals surface area contributed by atoms with Crippen molar-refractivity contribution in [2.24, 2.45) is 7.05 Å². The quantitative estimate of drug-likeness (QED) is 0.156. The Morgan fingerprint density at radius 2 is 0.759 bits per heavy atom. The van der Waals surface area contributed by atoms with Gasteiger partial charge in [-0.25, -0.2) is 15.0 Å². The lowest BCUT2D eigenvalue weighted by atomic mass is 9.86. The van der Waals surface area contributed by atoms with E-state index in [9.17, 15) is 0 Å². The van der Waals surface area contributed by atoms with E-state index in [0.717, 1.165) is 72.8 Å². The van der Waals surface area contributed by atoms with Crippen LogP contribution in [-0.2, 0) is 7.05 Å². The van der Waals surface area contributed by atoms with Gasteiger partial charge in [-0.3, -0.25) is 0 Å². The van der Waals surface area contributed by atoms with Crippen LogP contribution in [0.4, 0.5) is 0 Å². The van der Waals surface area contributed by atoms with Gasteiger partial charge in [0, 0.05) is 29.3 Å². The number of nitrogens with zero attached hydrogens (tertiary/aromatic N) is 4. The highest BCUT2D eigenvalue weighted by atomic mass is 15.1. The second-order valence-electron chi connectivity index (χ2n) is 14.5. The van der Waals surface area contributed by atoms with Crippen molar-refractivity contribution in [2.75, 3.05) is 0 Å². The molecule has 0 N–H and O–H groups in total. The summed E-state index contributed by atoms with van der Waals surface area (Å²) in [5.41, 5.74) is 17.4. The lowest BCUT2D eigenvalue weighted by molar-refractivity contribution is 0.959. The summed E-state index contributed by atoms with van der Waals surface area (Å²) in [5.74, 6) is 1.65. The van der Waals surface area contributed by atoms with Gasteiger partial charge in [0.25, 0.3) is 0 Å². The topological polar surface area (TPSA) is 43.6 Å². The average molecular weight is 743 g/mol. The highest BCUT2D eigenvalue weighted by Crippen LogP contribution is 2.42. The smallest absolute Gasteiger partial charge is 0.160 e. The van der Waals surface area contributed by atoms with Crippen molar-refractivity contribution in [3.05, 3.63) is 212 Å². The maximum Gasteiger partial charge on any atom is 0.160 e. The fourth-order valence-electron chi connectivity index (χ4n) is 7.90. The molecule has 2 aromatic heterocycles. The van der Waals surface area contributed by atoms with E-state index in [-0.39, 0.29) is 0 Å². The van der Waals surface area contributed by atoms with Gasteiger partial charge in [0.1, 0.15) is 5.82 Å². The van der Waals surface area contributed by atoms with E-state index in [4.69, 9.17) is 15.0 Å². The van der Waals surface area contributed by atoms with Gasteiger partial charge < -0.3 is 4.57 Å². The van der Waals surface area contributed by atoms with Gasteiger partial charge in [-0.15, -0.1) is 0 Å². The Morgan fingerprint density at radius 1 is 0.328 bits per heavy atom. The second kappa shape index (κ2) is 15.1. The molecule has 8 aromatic carbocycles. The molecule has 0 bridgehead atoms. The van der Waals surface area contributed by atoms with Gasteiger partial charge in [-0.2, -0.15) is 0 Å². The van der Waals surface area contributed by atoms with Gasteiger partial charge in [0.2, 0.25) is 0 Å². The minimum atomic E-state index is 0.705. The van der Waals surface area contributed by atoms with E-state index in [0.29, 0.717) is 5.82 Å². The van der Waals surface area contributed by atoms with Crippen LogP contribution in [0.15, 0.2) is 212 Å². The van der Waals surface area contributed by atoms with Crippen LogP contribution in [0.25, 0.3) is 101 Å². The zero-order valence-electron chi connectivity index (χ0n) is 32.0. The number of hydrogen-bond acceptors (Lipinski definition) is 3. The van der Waals surface area contributed by atoms with Gasteiger partial charge >= 0.3 is 0 Å². The van der Waals surface area contributed by atoms with E-state index in [2.05, 4.69) is 181 Å². The highest BCUT2D eigenvalue weighted by molar-refractivity contribution is 5.95. The predicted octanol–water partition coefficient (Wildman–Crippen LogP) is 13.7. The van der Waals surface area contributed by atoms with E-state index in [1.165, 1.54) is 22.3 Å². The number of benzene rings is 8. The second-order valence-corrected chi connectivity index (χ2v) is 14.5. The molecular weight excluding hydrogens is 705 g/mol. The lowest BCUT2D eigenvalue weighted by Gasteiger charge is -2.17. The molecule has 10 aromatic rings.